The molecule has 0 saturated heterocycles. The maximum atomic E-state index is 4.21. The Hall–Kier alpha value is -1.20. The first kappa shape index (κ1) is 10.3. The number of hydrogen-bond acceptors (Lipinski definition) is 4. The molecule has 2 aromatic heterocycles. The SMILES string of the molecule is Cn1cnc(CCNCc2cccs2)n1. The molecule has 2 rings (SSSR count). The lowest BCUT2D eigenvalue weighted by atomic mass is 10.4. The number of nitrogens with one attached hydrogen (secondary N) is 1. The summed E-state index contributed by atoms with van der Waals surface area (Å²) in [6.45, 7) is 1.85. The van der Waals surface area contributed by atoms with E-state index in [1.807, 2.05) is 7.05 Å². The fourth-order valence-electron chi connectivity index (χ4n) is 1.32. The van der Waals surface area contributed by atoms with Crippen LogP contribution in [-0.2, 0) is 20.0 Å². The summed E-state index contributed by atoms with van der Waals surface area (Å²) < 4.78 is 1.73. The summed E-state index contributed by atoms with van der Waals surface area (Å²) >= 11 is 1.78. The van der Waals surface area contributed by atoms with Crippen LogP contribution in [0.3, 0.4) is 0 Å². The zero-order chi connectivity index (χ0) is 10.5. The Bertz CT molecular complexity index is 393. The van der Waals surface area contributed by atoms with Gasteiger partial charge in [0.15, 0.2) is 5.82 Å². The summed E-state index contributed by atoms with van der Waals surface area (Å²) in [4.78, 5) is 5.53. The highest BCUT2D eigenvalue weighted by Gasteiger charge is 1.98. The predicted molar refractivity (Wildman–Crippen MR) is 60.7 cm³/mol. The summed E-state index contributed by atoms with van der Waals surface area (Å²) in [5, 5.41) is 9.67. The minimum absolute atomic E-state index is 0.881. The summed E-state index contributed by atoms with van der Waals surface area (Å²) in [6, 6.07) is 4.21. The van der Waals surface area contributed by atoms with Crippen molar-refractivity contribution in [2.24, 2.45) is 7.05 Å². The summed E-state index contributed by atoms with van der Waals surface area (Å²) in [6.07, 6.45) is 2.61. The molecule has 0 atom stereocenters. The van der Waals surface area contributed by atoms with E-state index in [-0.39, 0.29) is 0 Å². The van der Waals surface area contributed by atoms with Crippen molar-refractivity contribution in [1.82, 2.24) is 20.1 Å². The molecule has 0 radical (unpaired) electrons. The molecule has 0 bridgehead atoms. The standard InChI is InChI=1S/C10H14N4S/c1-14-8-12-10(13-14)4-5-11-7-9-3-2-6-15-9/h2-3,6,8,11H,4-5,7H2,1H3. The molecular weight excluding hydrogens is 208 g/mol. The molecule has 2 aromatic rings. The molecule has 0 fully saturated rings. The Morgan fingerprint density at radius 2 is 2.47 bits per heavy atom. The van der Waals surface area contributed by atoms with Crippen LogP contribution in [0.25, 0.3) is 0 Å². The maximum absolute atomic E-state index is 4.21. The van der Waals surface area contributed by atoms with Crippen LogP contribution in [0.15, 0.2) is 23.8 Å². The summed E-state index contributed by atoms with van der Waals surface area (Å²) in [5.41, 5.74) is 0. The fourth-order valence-corrected chi connectivity index (χ4v) is 2.00. The lowest BCUT2D eigenvalue weighted by Gasteiger charge is -1.99. The number of aryl methyl sites for hydroxylation is 1. The van der Waals surface area contributed by atoms with Gasteiger partial charge in [-0.1, -0.05) is 6.07 Å². The van der Waals surface area contributed by atoms with Gasteiger partial charge in [-0.3, -0.25) is 4.68 Å². The first-order valence-corrected chi connectivity index (χ1v) is 5.80. The third-order valence-electron chi connectivity index (χ3n) is 2.05. The van der Waals surface area contributed by atoms with Gasteiger partial charge in [0.2, 0.25) is 0 Å². The lowest BCUT2D eigenvalue weighted by molar-refractivity contribution is 0.665. The first-order valence-electron chi connectivity index (χ1n) is 4.92. The van der Waals surface area contributed by atoms with E-state index in [1.54, 1.807) is 22.3 Å². The van der Waals surface area contributed by atoms with Crippen molar-refractivity contribution in [2.45, 2.75) is 13.0 Å². The summed E-state index contributed by atoms with van der Waals surface area (Å²) in [7, 11) is 1.88. The number of thiophene rings is 1. The van der Waals surface area contributed by atoms with Gasteiger partial charge in [-0.2, -0.15) is 5.10 Å². The minimum Gasteiger partial charge on any atom is -0.311 e. The molecule has 0 aliphatic heterocycles. The second-order valence-electron chi connectivity index (χ2n) is 3.34. The molecule has 0 spiro atoms. The average molecular weight is 222 g/mol. The Labute approximate surface area is 93.0 Å². The molecule has 0 unspecified atom stereocenters. The quantitative estimate of drug-likeness (QED) is 0.773. The Balaban J connectivity index is 1.67. The van der Waals surface area contributed by atoms with Crippen LogP contribution in [0.2, 0.25) is 0 Å². The monoisotopic (exact) mass is 222 g/mol. The molecule has 80 valence electrons. The van der Waals surface area contributed by atoms with Gasteiger partial charge < -0.3 is 5.32 Å². The number of rotatable bonds is 5. The van der Waals surface area contributed by atoms with Gasteiger partial charge in [-0.15, -0.1) is 11.3 Å². The maximum Gasteiger partial charge on any atom is 0.151 e. The van der Waals surface area contributed by atoms with Crippen molar-refractivity contribution in [1.29, 1.82) is 0 Å². The van der Waals surface area contributed by atoms with Gasteiger partial charge in [0.25, 0.3) is 0 Å². The van der Waals surface area contributed by atoms with E-state index in [2.05, 4.69) is 32.9 Å². The van der Waals surface area contributed by atoms with Gasteiger partial charge >= 0.3 is 0 Å². The van der Waals surface area contributed by atoms with E-state index < -0.39 is 0 Å². The lowest BCUT2D eigenvalue weighted by Crippen LogP contribution is -2.16. The molecule has 0 amide bonds. The second kappa shape index (κ2) is 5.04. The molecule has 0 aliphatic carbocycles. The average Bonchev–Trinajstić information content (AvgIpc) is 2.84. The van der Waals surface area contributed by atoms with Crippen molar-refractivity contribution < 1.29 is 0 Å². The molecule has 0 aromatic carbocycles. The highest BCUT2D eigenvalue weighted by Crippen LogP contribution is 2.07. The largest absolute Gasteiger partial charge is 0.311 e. The Morgan fingerprint density at radius 3 is 3.13 bits per heavy atom. The van der Waals surface area contributed by atoms with Crippen LogP contribution < -0.4 is 5.32 Å². The van der Waals surface area contributed by atoms with Gasteiger partial charge in [0.05, 0.1) is 0 Å². The Kier molecular flexibility index (Phi) is 3.47. The molecule has 5 heteroatoms. The molecule has 2 heterocycles. The second-order valence-corrected chi connectivity index (χ2v) is 4.37. The number of hydrogen-bond donors (Lipinski definition) is 1. The summed E-state index contributed by atoms with van der Waals surface area (Å²) in [5.74, 6) is 0.899. The van der Waals surface area contributed by atoms with E-state index in [0.29, 0.717) is 0 Å². The molecule has 15 heavy (non-hydrogen) atoms. The van der Waals surface area contributed by atoms with Crippen LogP contribution in [0.5, 0.6) is 0 Å². The number of aromatic nitrogens is 3. The normalized spacial score (nSPS) is 10.7. The van der Waals surface area contributed by atoms with Crippen molar-refractivity contribution in [3.63, 3.8) is 0 Å². The topological polar surface area (TPSA) is 42.7 Å². The molecular formula is C10H14N4S. The van der Waals surface area contributed by atoms with Crippen LogP contribution in [-0.4, -0.2) is 21.3 Å². The van der Waals surface area contributed by atoms with Gasteiger partial charge in [0.1, 0.15) is 6.33 Å². The van der Waals surface area contributed by atoms with E-state index in [4.69, 9.17) is 0 Å². The van der Waals surface area contributed by atoms with E-state index in [9.17, 15) is 0 Å². The first-order chi connectivity index (χ1) is 7.34. The van der Waals surface area contributed by atoms with Gasteiger partial charge in [-0.05, 0) is 11.4 Å². The van der Waals surface area contributed by atoms with Crippen molar-refractivity contribution in [3.8, 4) is 0 Å². The van der Waals surface area contributed by atoms with Gasteiger partial charge in [0, 0.05) is 31.4 Å². The van der Waals surface area contributed by atoms with Crippen LogP contribution in [0, 0.1) is 0 Å². The number of nitrogens with zero attached hydrogens (tertiary/aromatic N) is 3. The van der Waals surface area contributed by atoms with Gasteiger partial charge in [-0.25, -0.2) is 4.98 Å². The molecule has 0 saturated carbocycles. The molecule has 1 N–H and O–H groups in total. The highest BCUT2D eigenvalue weighted by atomic mass is 32.1. The van der Waals surface area contributed by atoms with Crippen molar-refractivity contribution in [2.75, 3.05) is 6.54 Å². The van der Waals surface area contributed by atoms with Crippen molar-refractivity contribution in [3.05, 3.63) is 34.5 Å². The van der Waals surface area contributed by atoms with Crippen LogP contribution in [0.1, 0.15) is 10.7 Å². The molecule has 4 nitrogen and oxygen atoms in total. The highest BCUT2D eigenvalue weighted by molar-refractivity contribution is 7.09. The van der Waals surface area contributed by atoms with E-state index in [1.165, 1.54) is 4.88 Å². The zero-order valence-corrected chi connectivity index (χ0v) is 9.50. The third-order valence-corrected chi connectivity index (χ3v) is 2.93. The van der Waals surface area contributed by atoms with E-state index >= 15 is 0 Å². The van der Waals surface area contributed by atoms with E-state index in [0.717, 1.165) is 25.3 Å². The van der Waals surface area contributed by atoms with Crippen LogP contribution >= 0.6 is 11.3 Å². The Morgan fingerprint density at radius 1 is 1.53 bits per heavy atom. The predicted octanol–water partition coefficient (Wildman–Crippen LogP) is 1.21. The minimum atomic E-state index is 0.881. The molecule has 0 aliphatic rings. The smallest absolute Gasteiger partial charge is 0.151 e. The fraction of sp³-hybridized carbons (Fsp3) is 0.400. The zero-order valence-electron chi connectivity index (χ0n) is 8.68. The third kappa shape index (κ3) is 3.14. The van der Waals surface area contributed by atoms with Crippen LogP contribution in [0.4, 0.5) is 0 Å². The van der Waals surface area contributed by atoms with Crippen molar-refractivity contribution >= 4 is 11.3 Å².